The van der Waals surface area contributed by atoms with Gasteiger partial charge in [-0.2, -0.15) is 0 Å². The average molecular weight is 328 g/mol. The highest BCUT2D eigenvalue weighted by molar-refractivity contribution is 9.10. The van der Waals surface area contributed by atoms with Crippen molar-refractivity contribution in [3.05, 3.63) is 50.4 Å². The van der Waals surface area contributed by atoms with Gasteiger partial charge in [-0.05, 0) is 52.0 Å². The number of carbonyl (C=O) groups excluding carboxylic acids is 1. The van der Waals surface area contributed by atoms with Crippen LogP contribution in [-0.2, 0) is 11.2 Å². The molecule has 2 rings (SSSR count). The largest absolute Gasteiger partial charge is 0.325 e. The molecule has 1 aromatic carbocycles. The van der Waals surface area contributed by atoms with Crippen LogP contribution in [0.15, 0.2) is 34.1 Å². The number of thiophene rings is 1. The Morgan fingerprint density at radius 1 is 1.50 bits per heavy atom. The molecule has 94 valence electrons. The normalized spacial score (nSPS) is 10.4. The van der Waals surface area contributed by atoms with Crippen LogP contribution in [-0.4, -0.2) is 5.91 Å². The summed E-state index contributed by atoms with van der Waals surface area (Å²) in [6.45, 7) is 1.82. The molecule has 2 nitrogen and oxygen atoms in total. The first kappa shape index (κ1) is 13.2. The van der Waals surface area contributed by atoms with E-state index in [1.807, 2.05) is 24.4 Å². The van der Waals surface area contributed by atoms with E-state index in [2.05, 4.69) is 21.2 Å². The van der Waals surface area contributed by atoms with Crippen LogP contribution in [0.25, 0.3) is 0 Å². The molecular weight excluding hydrogens is 317 g/mol. The summed E-state index contributed by atoms with van der Waals surface area (Å²) >= 11 is 4.64. The predicted octanol–water partition coefficient (Wildman–Crippen LogP) is 4.14. The van der Waals surface area contributed by atoms with Crippen LogP contribution in [0.4, 0.5) is 10.1 Å². The quantitative estimate of drug-likeness (QED) is 0.901. The van der Waals surface area contributed by atoms with Crippen LogP contribution in [0.3, 0.4) is 0 Å². The summed E-state index contributed by atoms with van der Waals surface area (Å²) in [6, 6.07) is 6.78. The van der Waals surface area contributed by atoms with E-state index < -0.39 is 0 Å². The fraction of sp³-hybridized carbons (Fsp3) is 0.154. The third kappa shape index (κ3) is 3.17. The van der Waals surface area contributed by atoms with Crippen molar-refractivity contribution in [1.82, 2.24) is 0 Å². The molecule has 0 radical (unpaired) electrons. The molecule has 0 spiro atoms. The fourth-order valence-corrected chi connectivity index (χ4v) is 2.71. The zero-order valence-corrected chi connectivity index (χ0v) is 12.1. The number of amides is 1. The van der Waals surface area contributed by atoms with E-state index in [1.54, 1.807) is 6.07 Å². The zero-order chi connectivity index (χ0) is 13.1. The fourth-order valence-electron chi connectivity index (χ4n) is 1.55. The van der Waals surface area contributed by atoms with Crippen molar-refractivity contribution in [2.75, 3.05) is 5.32 Å². The maximum absolute atomic E-state index is 13.4. The van der Waals surface area contributed by atoms with E-state index in [-0.39, 0.29) is 11.7 Å². The Bertz CT molecular complexity index is 569. The molecule has 0 unspecified atom stereocenters. The molecule has 2 aromatic rings. The molecule has 0 fully saturated rings. The lowest BCUT2D eigenvalue weighted by molar-refractivity contribution is -0.115. The van der Waals surface area contributed by atoms with Gasteiger partial charge >= 0.3 is 0 Å². The minimum atomic E-state index is -0.382. The maximum atomic E-state index is 13.4. The number of anilines is 1. The lowest BCUT2D eigenvalue weighted by atomic mass is 10.2. The Balaban J connectivity index is 2.09. The van der Waals surface area contributed by atoms with Gasteiger partial charge < -0.3 is 5.32 Å². The van der Waals surface area contributed by atoms with Crippen LogP contribution >= 0.6 is 27.3 Å². The van der Waals surface area contributed by atoms with Crippen LogP contribution in [0.2, 0.25) is 0 Å². The number of carbonyl (C=O) groups is 1. The molecule has 0 atom stereocenters. The molecule has 1 amide bonds. The van der Waals surface area contributed by atoms with E-state index in [4.69, 9.17) is 0 Å². The Labute approximate surface area is 117 Å². The maximum Gasteiger partial charge on any atom is 0.229 e. The average Bonchev–Trinajstić information content (AvgIpc) is 2.78. The van der Waals surface area contributed by atoms with Gasteiger partial charge in [0.05, 0.1) is 10.9 Å². The molecular formula is C13H11BrFNOS. The van der Waals surface area contributed by atoms with E-state index in [0.29, 0.717) is 16.6 Å². The smallest absolute Gasteiger partial charge is 0.229 e. The van der Waals surface area contributed by atoms with Crippen molar-refractivity contribution in [1.29, 1.82) is 0 Å². The van der Waals surface area contributed by atoms with Gasteiger partial charge in [0.25, 0.3) is 0 Å². The van der Waals surface area contributed by atoms with Crippen molar-refractivity contribution in [3.8, 4) is 0 Å². The van der Waals surface area contributed by atoms with E-state index in [0.717, 1.165) is 10.4 Å². The summed E-state index contributed by atoms with van der Waals surface area (Å²) in [5, 5.41) is 4.65. The van der Waals surface area contributed by atoms with Crippen molar-refractivity contribution in [2.45, 2.75) is 13.3 Å². The number of aryl methyl sites for hydroxylation is 1. The molecule has 1 N–H and O–H groups in total. The van der Waals surface area contributed by atoms with Crippen molar-refractivity contribution in [2.24, 2.45) is 0 Å². The van der Waals surface area contributed by atoms with Crippen molar-refractivity contribution < 1.29 is 9.18 Å². The molecule has 5 heteroatoms. The van der Waals surface area contributed by atoms with Gasteiger partial charge in [0.1, 0.15) is 5.82 Å². The number of hydrogen-bond acceptors (Lipinski definition) is 2. The van der Waals surface area contributed by atoms with Gasteiger partial charge in [-0.15, -0.1) is 11.3 Å². The topological polar surface area (TPSA) is 29.1 Å². The van der Waals surface area contributed by atoms with E-state index >= 15 is 0 Å². The van der Waals surface area contributed by atoms with Gasteiger partial charge in [-0.25, -0.2) is 4.39 Å². The molecule has 0 bridgehead atoms. The molecule has 1 heterocycles. The van der Waals surface area contributed by atoms with Crippen LogP contribution in [0, 0.1) is 12.7 Å². The Morgan fingerprint density at radius 3 is 2.94 bits per heavy atom. The number of hydrogen-bond donors (Lipinski definition) is 1. The van der Waals surface area contributed by atoms with Gasteiger partial charge in [-0.3, -0.25) is 4.79 Å². The standard InChI is InChI=1S/C13H11BrFNOS/c1-8-5-10(14)11(15)7-12(8)16-13(17)6-9-3-2-4-18-9/h2-5,7H,6H2,1H3,(H,16,17). The van der Waals surface area contributed by atoms with Crippen molar-refractivity contribution in [3.63, 3.8) is 0 Å². The number of nitrogens with one attached hydrogen (secondary N) is 1. The monoisotopic (exact) mass is 327 g/mol. The first-order valence-corrected chi connectivity index (χ1v) is 7.01. The van der Waals surface area contributed by atoms with Crippen LogP contribution in [0.1, 0.15) is 10.4 Å². The Hall–Kier alpha value is -1.20. The SMILES string of the molecule is Cc1cc(Br)c(F)cc1NC(=O)Cc1cccs1. The molecule has 0 saturated carbocycles. The summed E-state index contributed by atoms with van der Waals surface area (Å²) in [7, 11) is 0. The second-order valence-corrected chi connectivity index (χ2v) is 5.77. The number of halogens is 2. The molecule has 18 heavy (non-hydrogen) atoms. The minimum Gasteiger partial charge on any atom is -0.325 e. The number of benzene rings is 1. The molecule has 0 aliphatic carbocycles. The second-order valence-electron chi connectivity index (χ2n) is 3.89. The summed E-state index contributed by atoms with van der Waals surface area (Å²) < 4.78 is 13.8. The lowest BCUT2D eigenvalue weighted by Gasteiger charge is -2.09. The third-order valence-electron chi connectivity index (χ3n) is 2.46. The van der Waals surface area contributed by atoms with Gasteiger partial charge in [0.2, 0.25) is 5.91 Å². The minimum absolute atomic E-state index is 0.137. The van der Waals surface area contributed by atoms with Gasteiger partial charge in [-0.1, -0.05) is 6.07 Å². The molecule has 0 saturated heterocycles. The third-order valence-corrected chi connectivity index (χ3v) is 3.94. The Kier molecular flexibility index (Phi) is 4.14. The van der Waals surface area contributed by atoms with Gasteiger partial charge in [0.15, 0.2) is 0 Å². The Morgan fingerprint density at radius 2 is 2.28 bits per heavy atom. The molecule has 0 aliphatic rings. The highest BCUT2D eigenvalue weighted by Crippen LogP contribution is 2.24. The van der Waals surface area contributed by atoms with Crippen LogP contribution in [0.5, 0.6) is 0 Å². The molecule has 1 aromatic heterocycles. The highest BCUT2D eigenvalue weighted by Gasteiger charge is 2.09. The summed E-state index contributed by atoms with van der Waals surface area (Å²) in [5.74, 6) is -0.519. The summed E-state index contributed by atoms with van der Waals surface area (Å²) in [4.78, 5) is 12.8. The van der Waals surface area contributed by atoms with E-state index in [9.17, 15) is 9.18 Å². The molecule has 0 aliphatic heterocycles. The second kappa shape index (κ2) is 5.63. The highest BCUT2D eigenvalue weighted by atomic mass is 79.9. The van der Waals surface area contributed by atoms with Gasteiger partial charge in [0, 0.05) is 10.6 Å². The predicted molar refractivity (Wildman–Crippen MR) is 75.5 cm³/mol. The zero-order valence-electron chi connectivity index (χ0n) is 9.67. The summed E-state index contributed by atoms with van der Waals surface area (Å²) in [6.07, 6.45) is 0.314. The van der Waals surface area contributed by atoms with Crippen LogP contribution < -0.4 is 5.32 Å². The summed E-state index contributed by atoms with van der Waals surface area (Å²) in [5.41, 5.74) is 1.33. The first-order valence-electron chi connectivity index (χ1n) is 5.34. The number of rotatable bonds is 3. The van der Waals surface area contributed by atoms with E-state index in [1.165, 1.54) is 17.4 Å². The lowest BCUT2D eigenvalue weighted by Crippen LogP contribution is -2.14. The first-order chi connectivity index (χ1) is 8.56. The van der Waals surface area contributed by atoms with Crippen molar-refractivity contribution >= 4 is 38.9 Å².